The fraction of sp³-hybridized carbons (Fsp3) is 0.268. The minimum Gasteiger partial charge on any atom is -0.467 e. The van der Waals surface area contributed by atoms with Crippen molar-refractivity contribution < 1.29 is 28.9 Å². The first kappa shape index (κ1) is 36.7. The summed E-state index contributed by atoms with van der Waals surface area (Å²) in [5.41, 5.74) is 6.57. The van der Waals surface area contributed by atoms with E-state index in [0.717, 1.165) is 38.9 Å². The van der Waals surface area contributed by atoms with Gasteiger partial charge in [0.15, 0.2) is 11.4 Å². The lowest BCUT2D eigenvalue weighted by atomic mass is 9.91. The number of benzene rings is 4. The number of methoxy groups -OCH3 is 1. The van der Waals surface area contributed by atoms with E-state index in [9.17, 15) is 14.7 Å². The summed E-state index contributed by atoms with van der Waals surface area (Å²) in [7, 11) is 1.31. The molecule has 10 nitrogen and oxygen atoms in total. The summed E-state index contributed by atoms with van der Waals surface area (Å²) in [6.07, 6.45) is 2.83. The third kappa shape index (κ3) is 9.62. The highest BCUT2D eigenvalue weighted by Gasteiger charge is 2.38. The number of ether oxygens (including phenoxy) is 3. The van der Waals surface area contributed by atoms with Crippen molar-refractivity contribution in [1.29, 1.82) is 0 Å². The summed E-state index contributed by atoms with van der Waals surface area (Å²) >= 11 is 1.56. The molecule has 3 N–H and O–H groups in total. The third-order valence-corrected chi connectivity index (χ3v) is 9.98. The van der Waals surface area contributed by atoms with Crippen LogP contribution in [0.2, 0.25) is 0 Å². The zero-order valence-electron chi connectivity index (χ0n) is 29.1. The molecule has 2 amide bonds. The second-order valence-corrected chi connectivity index (χ2v) is 13.6. The molecule has 0 aliphatic carbocycles. The van der Waals surface area contributed by atoms with E-state index >= 15 is 0 Å². The molecule has 1 saturated heterocycles. The SMILES string of the molecule is COC(=O)[C@H](Cc1ccccc1)NC(=O)NCc1cccc(-c2ccc([C@@H]3O[C@H](CSc4ncccn4)[C@H](C)[C@H](c4ccc(CO)cc4)O3)cc2)c1. The zero-order valence-corrected chi connectivity index (χ0v) is 29.9. The molecule has 268 valence electrons. The van der Waals surface area contributed by atoms with Gasteiger partial charge in [-0.15, -0.1) is 0 Å². The largest absolute Gasteiger partial charge is 0.467 e. The fourth-order valence-electron chi connectivity index (χ4n) is 6.10. The molecule has 1 fully saturated rings. The van der Waals surface area contributed by atoms with E-state index in [1.807, 2.05) is 103 Å². The average molecular weight is 719 g/mol. The van der Waals surface area contributed by atoms with Crippen LogP contribution in [0, 0.1) is 5.92 Å². The molecule has 0 spiro atoms. The van der Waals surface area contributed by atoms with Crippen LogP contribution in [0.4, 0.5) is 4.79 Å². The second-order valence-electron chi connectivity index (χ2n) is 12.6. The third-order valence-electron chi connectivity index (χ3n) is 9.01. The van der Waals surface area contributed by atoms with Crippen molar-refractivity contribution in [3.05, 3.63) is 149 Å². The van der Waals surface area contributed by atoms with Crippen LogP contribution < -0.4 is 10.6 Å². The molecule has 0 saturated carbocycles. The summed E-state index contributed by atoms with van der Waals surface area (Å²) in [5.74, 6) is 0.190. The van der Waals surface area contributed by atoms with Gasteiger partial charge in [-0.25, -0.2) is 19.6 Å². The van der Waals surface area contributed by atoms with Gasteiger partial charge < -0.3 is 30.0 Å². The zero-order chi connectivity index (χ0) is 36.3. The van der Waals surface area contributed by atoms with Crippen LogP contribution in [-0.4, -0.2) is 52.1 Å². The smallest absolute Gasteiger partial charge is 0.328 e. The molecule has 5 atom stereocenters. The van der Waals surface area contributed by atoms with Crippen LogP contribution in [0.3, 0.4) is 0 Å². The van der Waals surface area contributed by atoms with Gasteiger partial charge in [0.2, 0.25) is 0 Å². The topological polar surface area (TPSA) is 132 Å². The van der Waals surface area contributed by atoms with Gasteiger partial charge in [0.05, 0.1) is 25.9 Å². The van der Waals surface area contributed by atoms with Crippen molar-refractivity contribution in [1.82, 2.24) is 20.6 Å². The molecule has 0 bridgehead atoms. The number of amides is 2. The van der Waals surface area contributed by atoms with Crippen LogP contribution in [0.25, 0.3) is 11.1 Å². The van der Waals surface area contributed by atoms with Crippen molar-refractivity contribution in [2.75, 3.05) is 12.9 Å². The number of carbonyl (C=O) groups excluding carboxylic acids is 2. The lowest BCUT2D eigenvalue weighted by molar-refractivity contribution is -0.268. The minimum atomic E-state index is -0.813. The minimum absolute atomic E-state index is 0.0167. The lowest BCUT2D eigenvalue weighted by Gasteiger charge is -2.41. The highest BCUT2D eigenvalue weighted by Crippen LogP contribution is 2.43. The number of esters is 1. The number of aromatic nitrogens is 2. The Morgan fingerprint density at radius 1 is 0.827 bits per heavy atom. The number of rotatable bonds is 13. The number of urea groups is 1. The molecule has 0 unspecified atom stereocenters. The van der Waals surface area contributed by atoms with Gasteiger partial charge in [0.1, 0.15) is 6.04 Å². The van der Waals surface area contributed by atoms with Crippen molar-refractivity contribution in [3.63, 3.8) is 0 Å². The first-order valence-corrected chi connectivity index (χ1v) is 18.1. The molecule has 4 aromatic carbocycles. The summed E-state index contributed by atoms with van der Waals surface area (Å²) in [5, 5.41) is 15.9. The van der Waals surface area contributed by atoms with Crippen LogP contribution in [0.5, 0.6) is 0 Å². The quantitative estimate of drug-likeness (QED) is 0.0683. The van der Waals surface area contributed by atoms with Crippen LogP contribution >= 0.6 is 11.8 Å². The fourth-order valence-corrected chi connectivity index (χ4v) is 7.06. The Morgan fingerprint density at radius 3 is 2.25 bits per heavy atom. The molecular weight excluding hydrogens is 677 g/mol. The molecular formula is C41H42N4O6S. The van der Waals surface area contributed by atoms with E-state index < -0.39 is 24.3 Å². The highest BCUT2D eigenvalue weighted by atomic mass is 32.2. The highest BCUT2D eigenvalue weighted by molar-refractivity contribution is 7.99. The van der Waals surface area contributed by atoms with E-state index in [1.165, 1.54) is 7.11 Å². The summed E-state index contributed by atoms with van der Waals surface area (Å²) in [6, 6.07) is 33.9. The number of nitrogens with zero attached hydrogens (tertiary/aromatic N) is 2. The van der Waals surface area contributed by atoms with Crippen LogP contribution in [0.1, 0.15) is 47.1 Å². The molecule has 1 aliphatic rings. The predicted octanol–water partition coefficient (Wildman–Crippen LogP) is 6.80. The Balaban J connectivity index is 1.12. The molecule has 1 aromatic heterocycles. The number of nitrogens with one attached hydrogen (secondary N) is 2. The van der Waals surface area contributed by atoms with Crippen LogP contribution in [0.15, 0.2) is 127 Å². The van der Waals surface area contributed by atoms with Crippen LogP contribution in [-0.2, 0) is 38.6 Å². The van der Waals surface area contributed by atoms with E-state index in [-0.39, 0.29) is 31.3 Å². The van der Waals surface area contributed by atoms with E-state index in [4.69, 9.17) is 14.2 Å². The predicted molar refractivity (Wildman–Crippen MR) is 199 cm³/mol. The number of hydrogen-bond acceptors (Lipinski definition) is 9. The Morgan fingerprint density at radius 2 is 1.54 bits per heavy atom. The molecule has 52 heavy (non-hydrogen) atoms. The van der Waals surface area contributed by atoms with Gasteiger partial charge in [-0.3, -0.25) is 0 Å². The van der Waals surface area contributed by atoms with Crippen molar-refractivity contribution in [2.45, 2.75) is 56.2 Å². The number of carbonyl (C=O) groups is 2. The van der Waals surface area contributed by atoms with Crippen molar-refractivity contribution >= 4 is 23.8 Å². The summed E-state index contributed by atoms with van der Waals surface area (Å²) in [6.45, 7) is 2.39. The standard InChI is InChI=1S/C41H42N4O6S/c1-27-36(26-52-41-42-20-7-21-43-41)50-39(51-37(27)32-14-12-29(25-46)13-15-32)33-18-16-31(17-19-33)34-11-6-10-30(22-34)24-44-40(48)45-35(38(47)49-2)23-28-8-4-3-5-9-28/h3-22,27,35-37,39,46H,23-26H2,1-2H3,(H2,44,45,48)/t27-,35-,36+,37+,39+/m0/s1. The number of hydrogen-bond donors (Lipinski definition) is 3. The van der Waals surface area contributed by atoms with Gasteiger partial charge in [-0.2, -0.15) is 0 Å². The first-order valence-electron chi connectivity index (χ1n) is 17.2. The number of aliphatic hydroxyl groups excluding tert-OH is 1. The maximum Gasteiger partial charge on any atom is 0.328 e. The Hall–Kier alpha value is -5.07. The lowest BCUT2D eigenvalue weighted by Crippen LogP contribution is -2.47. The molecule has 5 aromatic rings. The van der Waals surface area contributed by atoms with E-state index in [0.29, 0.717) is 17.3 Å². The van der Waals surface area contributed by atoms with E-state index in [1.54, 1.807) is 30.2 Å². The monoisotopic (exact) mass is 718 g/mol. The molecule has 0 radical (unpaired) electrons. The Labute approximate surface area is 308 Å². The van der Waals surface area contributed by atoms with Gasteiger partial charge in [0.25, 0.3) is 0 Å². The molecule has 1 aliphatic heterocycles. The van der Waals surface area contributed by atoms with Gasteiger partial charge in [-0.05, 0) is 45.5 Å². The van der Waals surface area contributed by atoms with E-state index in [2.05, 4.69) is 27.5 Å². The summed E-state index contributed by atoms with van der Waals surface area (Å²) in [4.78, 5) is 33.9. The van der Waals surface area contributed by atoms with Gasteiger partial charge in [-0.1, -0.05) is 116 Å². The Bertz CT molecular complexity index is 1900. The first-order chi connectivity index (χ1) is 25.4. The summed E-state index contributed by atoms with van der Waals surface area (Å²) < 4.78 is 18.1. The average Bonchev–Trinajstić information content (AvgIpc) is 3.20. The Kier molecular flexibility index (Phi) is 12.7. The van der Waals surface area contributed by atoms with Gasteiger partial charge in [0, 0.05) is 42.6 Å². The van der Waals surface area contributed by atoms with Gasteiger partial charge >= 0.3 is 12.0 Å². The second kappa shape index (κ2) is 17.9. The molecule has 6 rings (SSSR count). The number of aliphatic hydroxyl groups is 1. The number of thioether (sulfide) groups is 1. The molecule has 2 heterocycles. The normalized spacial score (nSPS) is 19.0. The molecule has 11 heteroatoms. The maximum atomic E-state index is 12.8. The van der Waals surface area contributed by atoms with Crippen molar-refractivity contribution in [3.8, 4) is 11.1 Å². The van der Waals surface area contributed by atoms with Crippen molar-refractivity contribution in [2.24, 2.45) is 5.92 Å². The maximum absolute atomic E-state index is 12.8.